The van der Waals surface area contributed by atoms with Gasteiger partial charge in [0.05, 0.1) is 30.2 Å². The Morgan fingerprint density at radius 2 is 1.68 bits per heavy atom. The summed E-state index contributed by atoms with van der Waals surface area (Å²) in [4.78, 5) is 98.9. The minimum atomic E-state index is -1.05. The number of carbonyl (C=O) groups is 6. The number of imide groups is 2. The van der Waals surface area contributed by atoms with Gasteiger partial charge in [0.2, 0.25) is 11.8 Å². The van der Waals surface area contributed by atoms with Gasteiger partial charge in [0, 0.05) is 63.0 Å². The van der Waals surface area contributed by atoms with Crippen molar-refractivity contribution in [1.29, 1.82) is 0 Å². The molecule has 4 aliphatic heterocycles. The fourth-order valence-corrected chi connectivity index (χ4v) is 8.98. The molecule has 4 aromatic rings. The number of rotatable bonds is 13. The number of anilines is 1. The number of nitrogens with zero attached hydrogens (tertiary/aromatic N) is 8. The van der Waals surface area contributed by atoms with Crippen LogP contribution in [0.25, 0.3) is 11.2 Å². The average Bonchev–Trinajstić information content (AvgIpc) is 3.79. The fourth-order valence-electron chi connectivity index (χ4n) is 8.98. The lowest BCUT2D eigenvalue weighted by molar-refractivity contribution is -0.137. The van der Waals surface area contributed by atoms with E-state index in [9.17, 15) is 28.8 Å². The van der Waals surface area contributed by atoms with E-state index in [-0.39, 0.29) is 72.4 Å². The molecule has 9 rings (SSSR count). The highest BCUT2D eigenvalue weighted by Gasteiger charge is 2.45. The number of aromatic nitrogens is 5. The number of amides is 6. The number of nitrogens with one attached hydrogen (secondary N) is 3. The molecule has 0 bridgehead atoms. The van der Waals surface area contributed by atoms with Gasteiger partial charge in [-0.25, -0.2) is 19.9 Å². The molecule has 3 saturated heterocycles. The summed E-state index contributed by atoms with van der Waals surface area (Å²) in [6.45, 7) is 6.02. The Morgan fingerprint density at radius 3 is 2.45 bits per heavy atom. The molecule has 1 unspecified atom stereocenters. The molecular formula is C43H49N11O8. The summed E-state index contributed by atoms with van der Waals surface area (Å²) < 4.78 is 14.1. The molecular weight excluding hydrogens is 799 g/mol. The predicted molar refractivity (Wildman–Crippen MR) is 221 cm³/mol. The first-order chi connectivity index (χ1) is 30.1. The van der Waals surface area contributed by atoms with Crippen LogP contribution < -0.4 is 20.7 Å². The lowest BCUT2D eigenvalue weighted by atomic mass is 9.86. The van der Waals surface area contributed by atoms with Crippen LogP contribution in [0.15, 0.2) is 49.1 Å². The molecule has 1 saturated carbocycles. The van der Waals surface area contributed by atoms with Crippen molar-refractivity contribution in [2.75, 3.05) is 51.3 Å². The molecule has 324 valence electrons. The zero-order chi connectivity index (χ0) is 42.9. The normalized spacial score (nSPS) is 22.4. The molecule has 1 aromatic carbocycles. The quantitative estimate of drug-likeness (QED) is 0.164. The van der Waals surface area contributed by atoms with E-state index in [2.05, 4.69) is 45.4 Å². The number of likely N-dealkylation sites (tertiary alicyclic amines) is 2. The number of hydrogen-bond donors (Lipinski definition) is 3. The Kier molecular flexibility index (Phi) is 11.6. The molecule has 7 heterocycles. The third kappa shape index (κ3) is 8.58. The van der Waals surface area contributed by atoms with Gasteiger partial charge >= 0.3 is 0 Å². The Morgan fingerprint density at radius 1 is 0.887 bits per heavy atom. The van der Waals surface area contributed by atoms with E-state index in [1.165, 1.54) is 18.2 Å². The van der Waals surface area contributed by atoms with Crippen molar-refractivity contribution in [3.8, 4) is 5.75 Å². The maximum absolute atomic E-state index is 13.1. The van der Waals surface area contributed by atoms with Crippen LogP contribution >= 0.6 is 0 Å². The fraction of sp³-hybridized carbons (Fsp3) is 0.488. The molecule has 3 aromatic heterocycles. The van der Waals surface area contributed by atoms with Gasteiger partial charge in [-0.15, -0.1) is 0 Å². The standard InChI is InChI=1S/C43H49N11O8/c1-25-3-2-4-33(47-25)40(57)49-27-19-28(20-27)53-24-46-37-38(44-23-45-39(37)53)48-26-9-13-51(14-10-26)17-18-61-29-11-15-52(16-12-29)36(56)22-62-30-5-6-31-32(21-30)43(60)54(42(31)59)34-7-8-35(55)50-41(34)58/h2-6,21,23-24,26-29,34H,7-20,22H2,1H3,(H,49,57)(H,44,45,48)(H,50,55,58). The summed E-state index contributed by atoms with van der Waals surface area (Å²) in [7, 11) is 0. The van der Waals surface area contributed by atoms with Gasteiger partial charge in [-0.3, -0.25) is 39.0 Å². The van der Waals surface area contributed by atoms with Crippen molar-refractivity contribution in [3.05, 3.63) is 71.6 Å². The number of aryl methyl sites for hydroxylation is 1. The van der Waals surface area contributed by atoms with Crippen molar-refractivity contribution < 1.29 is 38.2 Å². The number of imidazole rings is 1. The molecule has 4 fully saturated rings. The number of piperidine rings is 3. The van der Waals surface area contributed by atoms with Crippen LogP contribution in [-0.2, 0) is 19.1 Å². The van der Waals surface area contributed by atoms with E-state index in [1.54, 1.807) is 17.3 Å². The van der Waals surface area contributed by atoms with Crippen molar-refractivity contribution in [2.24, 2.45) is 0 Å². The van der Waals surface area contributed by atoms with Gasteiger partial charge in [-0.2, -0.15) is 0 Å². The molecule has 0 spiro atoms. The Hall–Kier alpha value is -6.34. The second-order valence-electron chi connectivity index (χ2n) is 16.7. The van der Waals surface area contributed by atoms with Crippen LogP contribution in [0, 0.1) is 6.92 Å². The minimum absolute atomic E-state index is 0.0376. The van der Waals surface area contributed by atoms with Gasteiger partial charge in [-0.1, -0.05) is 6.07 Å². The Balaban J connectivity index is 0.665. The number of carbonyl (C=O) groups excluding carboxylic acids is 6. The van der Waals surface area contributed by atoms with Crippen LogP contribution in [0.3, 0.4) is 0 Å². The second-order valence-corrected chi connectivity index (χ2v) is 16.7. The zero-order valence-corrected chi connectivity index (χ0v) is 34.5. The molecule has 6 amide bonds. The first kappa shape index (κ1) is 41.0. The van der Waals surface area contributed by atoms with E-state index >= 15 is 0 Å². The monoisotopic (exact) mass is 847 g/mol. The summed E-state index contributed by atoms with van der Waals surface area (Å²) in [5, 5.41) is 8.90. The van der Waals surface area contributed by atoms with E-state index in [4.69, 9.17) is 9.47 Å². The summed E-state index contributed by atoms with van der Waals surface area (Å²) in [6, 6.07) is 9.30. The molecule has 19 nitrogen and oxygen atoms in total. The lowest BCUT2D eigenvalue weighted by Crippen LogP contribution is -2.54. The van der Waals surface area contributed by atoms with Gasteiger partial charge < -0.3 is 34.5 Å². The van der Waals surface area contributed by atoms with Crippen molar-refractivity contribution >= 4 is 52.4 Å². The number of ether oxygens (including phenoxy) is 2. The van der Waals surface area contributed by atoms with E-state index in [0.717, 1.165) is 85.7 Å². The number of benzene rings is 1. The largest absolute Gasteiger partial charge is 0.484 e. The van der Waals surface area contributed by atoms with E-state index < -0.39 is 29.7 Å². The topological polar surface area (TPSA) is 223 Å². The van der Waals surface area contributed by atoms with Crippen LogP contribution in [-0.4, -0.2) is 145 Å². The van der Waals surface area contributed by atoms with Gasteiger partial charge in [0.25, 0.3) is 23.6 Å². The zero-order valence-electron chi connectivity index (χ0n) is 34.5. The first-order valence-corrected chi connectivity index (χ1v) is 21.4. The number of fused-ring (bicyclic) bond motifs is 2. The van der Waals surface area contributed by atoms with Crippen molar-refractivity contribution in [2.45, 2.75) is 88.6 Å². The van der Waals surface area contributed by atoms with E-state index in [1.807, 2.05) is 25.4 Å². The molecule has 5 aliphatic rings. The maximum Gasteiger partial charge on any atom is 0.270 e. The van der Waals surface area contributed by atoms with Crippen LogP contribution in [0.2, 0.25) is 0 Å². The molecule has 1 atom stereocenters. The molecule has 62 heavy (non-hydrogen) atoms. The third-order valence-corrected chi connectivity index (χ3v) is 12.6. The predicted octanol–water partition coefficient (Wildman–Crippen LogP) is 2.03. The SMILES string of the molecule is Cc1cccc(C(=O)NC2CC(n3cnc4c(NC5CCN(CCOC6CCN(C(=O)COc7ccc8c(c7)C(=O)N(C7CCC(=O)NC7=O)C8=O)CC6)CC5)ncnc43)C2)n1. The Bertz CT molecular complexity index is 2400. The first-order valence-electron chi connectivity index (χ1n) is 21.4. The summed E-state index contributed by atoms with van der Waals surface area (Å²) in [5.74, 6) is -1.69. The van der Waals surface area contributed by atoms with Crippen molar-refractivity contribution in [1.82, 2.24) is 49.8 Å². The van der Waals surface area contributed by atoms with Gasteiger partial charge in [0.15, 0.2) is 18.1 Å². The van der Waals surface area contributed by atoms with Crippen LogP contribution in [0.5, 0.6) is 5.75 Å². The molecule has 3 N–H and O–H groups in total. The van der Waals surface area contributed by atoms with Crippen LogP contribution in [0.1, 0.15) is 94.3 Å². The number of pyridine rings is 1. The smallest absolute Gasteiger partial charge is 0.270 e. The summed E-state index contributed by atoms with van der Waals surface area (Å²) >= 11 is 0. The highest BCUT2D eigenvalue weighted by Crippen LogP contribution is 2.35. The second kappa shape index (κ2) is 17.6. The molecule has 19 heteroatoms. The third-order valence-electron chi connectivity index (χ3n) is 12.6. The van der Waals surface area contributed by atoms with Gasteiger partial charge in [0.1, 0.15) is 29.3 Å². The highest BCUT2D eigenvalue weighted by atomic mass is 16.5. The lowest BCUT2D eigenvalue weighted by Gasteiger charge is -2.36. The maximum atomic E-state index is 13.1. The van der Waals surface area contributed by atoms with Crippen LogP contribution in [0.4, 0.5) is 5.82 Å². The van der Waals surface area contributed by atoms with Crippen molar-refractivity contribution in [3.63, 3.8) is 0 Å². The summed E-state index contributed by atoms with van der Waals surface area (Å²) in [5.41, 5.74) is 3.01. The average molecular weight is 848 g/mol. The molecule has 1 aliphatic carbocycles. The number of hydrogen-bond acceptors (Lipinski definition) is 14. The molecule has 0 radical (unpaired) electrons. The van der Waals surface area contributed by atoms with Gasteiger partial charge in [-0.05, 0) is 82.2 Å². The highest BCUT2D eigenvalue weighted by molar-refractivity contribution is 6.23. The minimum Gasteiger partial charge on any atom is -0.484 e. The summed E-state index contributed by atoms with van der Waals surface area (Å²) in [6.07, 6.45) is 8.50. The Labute approximate surface area is 356 Å². The van der Waals surface area contributed by atoms with E-state index in [0.29, 0.717) is 25.4 Å².